The highest BCUT2D eigenvalue weighted by atomic mass is 79.9. The fourth-order valence-electron chi connectivity index (χ4n) is 3.32. The van der Waals surface area contributed by atoms with Crippen LogP contribution in [0.4, 0.5) is 10.5 Å². The van der Waals surface area contributed by atoms with E-state index in [-0.39, 0.29) is 5.70 Å². The van der Waals surface area contributed by atoms with Crippen LogP contribution in [-0.4, -0.2) is 18.5 Å². The lowest BCUT2D eigenvalue weighted by atomic mass is 10.1. The van der Waals surface area contributed by atoms with Gasteiger partial charge in [-0.3, -0.25) is 4.79 Å². The molecule has 6 nitrogen and oxygen atoms in total. The van der Waals surface area contributed by atoms with Crippen molar-refractivity contribution in [3.63, 3.8) is 0 Å². The highest BCUT2D eigenvalue weighted by Crippen LogP contribution is 2.36. The van der Waals surface area contributed by atoms with Crippen LogP contribution in [0.25, 0.3) is 6.08 Å². The first kappa shape index (κ1) is 24.1. The van der Waals surface area contributed by atoms with Gasteiger partial charge in [-0.05, 0) is 66.6 Å². The molecule has 0 radical (unpaired) electrons. The highest BCUT2D eigenvalue weighted by Gasteiger charge is 2.35. The number of anilines is 1. The number of nitrogens with one attached hydrogen (secondary N) is 1. The number of carbonyl (C=O) groups excluding carboxylic acids is 2. The zero-order valence-corrected chi connectivity index (χ0v) is 21.1. The Kier molecular flexibility index (Phi) is 7.46. The molecule has 4 rings (SSSR count). The molecule has 9 heteroatoms. The van der Waals surface area contributed by atoms with Gasteiger partial charge in [-0.15, -0.1) is 0 Å². The van der Waals surface area contributed by atoms with Gasteiger partial charge < -0.3 is 14.8 Å². The van der Waals surface area contributed by atoms with Crippen LogP contribution in [0.5, 0.6) is 11.5 Å². The molecule has 34 heavy (non-hydrogen) atoms. The SMILES string of the molecule is CCOc1cc(/C=C2/NC(=O)N(c3cccc(Cl)c3)C2=O)c(Br)cc1OCc1ccc(Cl)cc1. The Labute approximate surface area is 215 Å². The Morgan fingerprint density at radius 2 is 1.71 bits per heavy atom. The number of nitrogens with zero attached hydrogens (tertiary/aromatic N) is 1. The summed E-state index contributed by atoms with van der Waals surface area (Å²) in [4.78, 5) is 26.5. The maximum Gasteiger partial charge on any atom is 0.333 e. The number of carbonyl (C=O) groups is 2. The van der Waals surface area contributed by atoms with Crippen molar-refractivity contribution in [2.75, 3.05) is 11.5 Å². The van der Waals surface area contributed by atoms with Crippen molar-refractivity contribution >= 4 is 62.8 Å². The lowest BCUT2D eigenvalue weighted by molar-refractivity contribution is -0.113. The third-order valence-corrected chi connectivity index (χ3v) is 6.09. The number of hydrogen-bond acceptors (Lipinski definition) is 4. The molecule has 3 aromatic rings. The molecule has 3 amide bonds. The summed E-state index contributed by atoms with van der Waals surface area (Å²) in [5.41, 5.74) is 2.11. The second kappa shape index (κ2) is 10.5. The summed E-state index contributed by atoms with van der Waals surface area (Å²) in [5.74, 6) is 0.559. The smallest absolute Gasteiger partial charge is 0.333 e. The number of amides is 3. The van der Waals surface area contributed by atoms with Crippen LogP contribution in [0.3, 0.4) is 0 Å². The van der Waals surface area contributed by atoms with Crippen LogP contribution < -0.4 is 19.7 Å². The topological polar surface area (TPSA) is 67.9 Å². The quantitative estimate of drug-likeness (QED) is 0.253. The molecular weight excluding hydrogens is 543 g/mol. The molecule has 1 heterocycles. The maximum absolute atomic E-state index is 13.0. The zero-order chi connectivity index (χ0) is 24.2. The average Bonchev–Trinajstić information content (AvgIpc) is 3.08. The van der Waals surface area contributed by atoms with E-state index < -0.39 is 11.9 Å². The third kappa shape index (κ3) is 5.38. The van der Waals surface area contributed by atoms with Crippen molar-refractivity contribution in [2.45, 2.75) is 13.5 Å². The van der Waals surface area contributed by atoms with E-state index >= 15 is 0 Å². The fraction of sp³-hybridized carbons (Fsp3) is 0.120. The number of imide groups is 1. The second-order valence-electron chi connectivity index (χ2n) is 7.28. The van der Waals surface area contributed by atoms with E-state index in [0.717, 1.165) is 10.5 Å². The number of benzene rings is 3. The summed E-state index contributed by atoms with van der Waals surface area (Å²) in [6, 6.07) is 16.9. The zero-order valence-electron chi connectivity index (χ0n) is 18.0. The number of hydrogen-bond donors (Lipinski definition) is 1. The lowest BCUT2D eigenvalue weighted by Crippen LogP contribution is -2.30. The van der Waals surface area contributed by atoms with Gasteiger partial charge in [-0.2, -0.15) is 0 Å². The Morgan fingerprint density at radius 1 is 0.971 bits per heavy atom. The summed E-state index contributed by atoms with van der Waals surface area (Å²) < 4.78 is 12.4. The molecule has 1 saturated heterocycles. The largest absolute Gasteiger partial charge is 0.490 e. The molecule has 1 N–H and O–H groups in total. The van der Waals surface area contributed by atoms with Gasteiger partial charge in [0.1, 0.15) is 12.3 Å². The second-order valence-corrected chi connectivity index (χ2v) is 9.00. The van der Waals surface area contributed by atoms with Crippen LogP contribution in [-0.2, 0) is 11.4 Å². The van der Waals surface area contributed by atoms with Gasteiger partial charge in [-0.25, -0.2) is 9.69 Å². The van der Waals surface area contributed by atoms with E-state index in [1.165, 1.54) is 0 Å². The van der Waals surface area contributed by atoms with Crippen LogP contribution in [0.1, 0.15) is 18.1 Å². The molecule has 0 unspecified atom stereocenters. The van der Waals surface area contributed by atoms with E-state index in [1.54, 1.807) is 54.6 Å². The molecule has 0 saturated carbocycles. The Balaban J connectivity index is 1.60. The van der Waals surface area contributed by atoms with Gasteiger partial charge in [-0.1, -0.05) is 57.3 Å². The van der Waals surface area contributed by atoms with Crippen molar-refractivity contribution in [1.82, 2.24) is 5.32 Å². The van der Waals surface area contributed by atoms with Gasteiger partial charge in [0.05, 0.1) is 12.3 Å². The van der Waals surface area contributed by atoms with Crippen molar-refractivity contribution in [3.05, 3.63) is 92.0 Å². The lowest BCUT2D eigenvalue weighted by Gasteiger charge is -2.14. The fourth-order valence-corrected chi connectivity index (χ4v) is 4.07. The summed E-state index contributed by atoms with van der Waals surface area (Å²) in [7, 11) is 0. The molecule has 174 valence electrons. The maximum atomic E-state index is 13.0. The standard InChI is InChI=1S/C25H19BrCl2N2O4/c1-2-33-22-11-16(20(26)13-23(22)34-14-15-6-8-17(27)9-7-15)10-21-24(31)30(25(32)29-21)19-5-3-4-18(28)12-19/h3-13H,2,14H2,1H3,(H,29,32)/b21-10+. The summed E-state index contributed by atoms with van der Waals surface area (Å²) >= 11 is 15.5. The average molecular weight is 562 g/mol. The third-order valence-electron chi connectivity index (χ3n) is 4.91. The summed E-state index contributed by atoms with van der Waals surface area (Å²) in [5, 5.41) is 3.70. The minimum Gasteiger partial charge on any atom is -0.490 e. The van der Waals surface area contributed by atoms with Gasteiger partial charge in [0, 0.05) is 14.5 Å². The molecular formula is C25H19BrCl2N2O4. The van der Waals surface area contributed by atoms with E-state index in [2.05, 4.69) is 21.2 Å². The monoisotopic (exact) mass is 560 g/mol. The predicted molar refractivity (Wildman–Crippen MR) is 137 cm³/mol. The van der Waals surface area contributed by atoms with Gasteiger partial charge in [0.25, 0.3) is 5.91 Å². The van der Waals surface area contributed by atoms with Crippen molar-refractivity contribution in [2.24, 2.45) is 0 Å². The molecule has 1 aliphatic rings. The molecule has 0 bridgehead atoms. The normalized spacial score (nSPS) is 14.5. The number of rotatable bonds is 7. The first-order chi connectivity index (χ1) is 16.4. The molecule has 0 spiro atoms. The van der Waals surface area contributed by atoms with E-state index in [1.807, 2.05) is 19.1 Å². The van der Waals surface area contributed by atoms with Crippen molar-refractivity contribution in [3.8, 4) is 11.5 Å². The summed E-state index contributed by atoms with van der Waals surface area (Å²) in [6.45, 7) is 2.62. The van der Waals surface area contributed by atoms with E-state index in [4.69, 9.17) is 32.7 Å². The number of urea groups is 1. The molecule has 1 fully saturated rings. The van der Waals surface area contributed by atoms with Crippen LogP contribution in [0, 0.1) is 0 Å². The van der Waals surface area contributed by atoms with Gasteiger partial charge in [0.15, 0.2) is 11.5 Å². The minimum absolute atomic E-state index is 0.128. The molecule has 0 aromatic heterocycles. The first-order valence-corrected chi connectivity index (χ1v) is 11.9. The molecule has 0 atom stereocenters. The first-order valence-electron chi connectivity index (χ1n) is 10.3. The molecule has 0 aliphatic carbocycles. The van der Waals surface area contributed by atoms with Crippen LogP contribution in [0.2, 0.25) is 10.0 Å². The Hall–Kier alpha value is -3.00. The highest BCUT2D eigenvalue weighted by molar-refractivity contribution is 9.10. The Bertz CT molecular complexity index is 1280. The van der Waals surface area contributed by atoms with Crippen molar-refractivity contribution < 1.29 is 19.1 Å². The minimum atomic E-state index is -0.553. The van der Waals surface area contributed by atoms with Crippen molar-refractivity contribution in [1.29, 1.82) is 0 Å². The molecule has 1 aliphatic heterocycles. The van der Waals surface area contributed by atoms with Gasteiger partial charge >= 0.3 is 6.03 Å². The van der Waals surface area contributed by atoms with E-state index in [9.17, 15) is 9.59 Å². The molecule has 3 aromatic carbocycles. The van der Waals surface area contributed by atoms with E-state index in [0.29, 0.717) is 50.5 Å². The van der Waals surface area contributed by atoms with Crippen LogP contribution in [0.15, 0.2) is 70.8 Å². The van der Waals surface area contributed by atoms with Gasteiger partial charge in [0.2, 0.25) is 0 Å². The summed E-state index contributed by atoms with van der Waals surface area (Å²) in [6.07, 6.45) is 1.58. The predicted octanol–water partition coefficient (Wildman–Crippen LogP) is 6.83. The number of halogens is 3. The number of ether oxygens (including phenoxy) is 2. The van der Waals surface area contributed by atoms with Crippen LogP contribution >= 0.6 is 39.1 Å². The Morgan fingerprint density at radius 3 is 2.41 bits per heavy atom.